The van der Waals surface area contributed by atoms with Crippen molar-refractivity contribution in [1.29, 1.82) is 5.26 Å². The third-order valence-electron chi connectivity index (χ3n) is 2.65. The quantitative estimate of drug-likeness (QED) is 0.793. The minimum absolute atomic E-state index is 0.158. The van der Waals surface area contributed by atoms with Gasteiger partial charge in [0.25, 0.3) is 0 Å². The largest absolute Gasteiger partial charge is 0.304 e. The van der Waals surface area contributed by atoms with E-state index < -0.39 is 5.41 Å². The number of carbonyl (C=O) groups excluding carboxylic acids is 1. The van der Waals surface area contributed by atoms with E-state index >= 15 is 0 Å². The average molecular weight is 235 g/mol. The number of carbonyl (C=O) groups is 1. The summed E-state index contributed by atoms with van der Waals surface area (Å²) in [5.41, 5.74) is -0.619. The molecule has 0 saturated heterocycles. The lowest BCUT2D eigenvalue weighted by Crippen LogP contribution is -2.40. The zero-order valence-electron chi connectivity index (χ0n) is 9.36. The fourth-order valence-corrected chi connectivity index (χ4v) is 2.98. The molecule has 0 aliphatic heterocycles. The van der Waals surface area contributed by atoms with Gasteiger partial charge in [-0.1, -0.05) is 0 Å². The summed E-state index contributed by atoms with van der Waals surface area (Å²) in [7, 11) is 3.98. The zero-order valence-corrected chi connectivity index (χ0v) is 10.2. The van der Waals surface area contributed by atoms with Crippen molar-refractivity contribution in [3.05, 3.63) is 16.1 Å². The van der Waals surface area contributed by atoms with E-state index in [1.807, 2.05) is 20.3 Å². The number of aromatic nitrogens is 1. The fourth-order valence-electron chi connectivity index (χ4n) is 1.81. The van der Waals surface area contributed by atoms with E-state index in [9.17, 15) is 4.79 Å². The van der Waals surface area contributed by atoms with Crippen LogP contribution >= 0.6 is 11.3 Å². The van der Waals surface area contributed by atoms with Crippen molar-refractivity contribution in [3.8, 4) is 6.07 Å². The van der Waals surface area contributed by atoms with Gasteiger partial charge >= 0.3 is 0 Å². The number of Topliss-reactive ketones (excluding diaryl/α,β-unsaturated/α-hetero) is 1. The monoisotopic (exact) mass is 235 g/mol. The van der Waals surface area contributed by atoms with Crippen LogP contribution < -0.4 is 0 Å². The third-order valence-corrected chi connectivity index (χ3v) is 3.83. The molecular weight excluding hydrogens is 222 g/mol. The highest BCUT2D eigenvalue weighted by molar-refractivity contribution is 7.11. The van der Waals surface area contributed by atoms with Gasteiger partial charge in [-0.05, 0) is 14.1 Å². The van der Waals surface area contributed by atoms with Gasteiger partial charge in [0.05, 0.1) is 6.07 Å². The van der Waals surface area contributed by atoms with Crippen LogP contribution in [-0.2, 0) is 16.8 Å². The Balaban J connectivity index is 2.19. The molecule has 0 amide bonds. The Morgan fingerprint density at radius 2 is 2.31 bits per heavy atom. The molecule has 1 aliphatic carbocycles. The summed E-state index contributed by atoms with van der Waals surface area (Å²) >= 11 is 1.54. The standard InChI is InChI=1S/C11H13N3OS/c1-14(2)6-9-5-13-10(16-9)11(7-12)3-8(15)4-11/h5H,3-4,6H2,1-2H3. The lowest BCUT2D eigenvalue weighted by molar-refractivity contribution is -0.126. The van der Waals surface area contributed by atoms with Gasteiger partial charge in [-0.2, -0.15) is 5.26 Å². The molecule has 4 nitrogen and oxygen atoms in total. The second kappa shape index (κ2) is 3.96. The Morgan fingerprint density at radius 3 is 2.81 bits per heavy atom. The normalized spacial score (nSPS) is 18.2. The molecule has 84 valence electrons. The van der Waals surface area contributed by atoms with Crippen molar-refractivity contribution in [3.63, 3.8) is 0 Å². The van der Waals surface area contributed by atoms with Crippen LogP contribution in [0.25, 0.3) is 0 Å². The highest BCUT2D eigenvalue weighted by Gasteiger charge is 2.47. The number of rotatable bonds is 3. The Hall–Kier alpha value is -1.25. The minimum Gasteiger partial charge on any atom is -0.304 e. The summed E-state index contributed by atoms with van der Waals surface area (Å²) in [4.78, 5) is 18.5. The van der Waals surface area contributed by atoms with E-state index in [1.54, 1.807) is 11.3 Å². The van der Waals surface area contributed by atoms with Crippen molar-refractivity contribution < 1.29 is 4.79 Å². The molecule has 1 heterocycles. The Kier molecular flexibility index (Phi) is 2.78. The van der Waals surface area contributed by atoms with Gasteiger partial charge in [0.15, 0.2) is 0 Å². The van der Waals surface area contributed by atoms with Crippen LogP contribution in [0.4, 0.5) is 0 Å². The van der Waals surface area contributed by atoms with E-state index in [0.29, 0.717) is 12.8 Å². The fraction of sp³-hybridized carbons (Fsp3) is 0.545. The van der Waals surface area contributed by atoms with Gasteiger partial charge in [-0.15, -0.1) is 11.3 Å². The molecule has 0 atom stereocenters. The molecule has 0 aromatic carbocycles. The molecule has 0 unspecified atom stereocenters. The van der Waals surface area contributed by atoms with Crippen LogP contribution in [-0.4, -0.2) is 29.8 Å². The summed E-state index contributed by atoms with van der Waals surface area (Å²) in [5.74, 6) is 0.158. The molecule has 0 bridgehead atoms. The Labute approximate surface area is 98.5 Å². The van der Waals surface area contributed by atoms with Crippen molar-refractivity contribution in [2.45, 2.75) is 24.8 Å². The molecule has 1 aromatic heterocycles. The van der Waals surface area contributed by atoms with Crippen molar-refractivity contribution in [1.82, 2.24) is 9.88 Å². The van der Waals surface area contributed by atoms with E-state index in [0.717, 1.165) is 16.4 Å². The van der Waals surface area contributed by atoms with Gasteiger partial charge in [-0.25, -0.2) is 4.98 Å². The molecule has 0 radical (unpaired) electrons. The number of hydrogen-bond acceptors (Lipinski definition) is 5. The van der Waals surface area contributed by atoms with Crippen LogP contribution in [0.1, 0.15) is 22.7 Å². The number of ketones is 1. The third kappa shape index (κ3) is 1.86. The molecule has 1 aliphatic rings. The van der Waals surface area contributed by atoms with Crippen LogP contribution in [0.3, 0.4) is 0 Å². The molecule has 0 N–H and O–H groups in total. The van der Waals surface area contributed by atoms with E-state index in [4.69, 9.17) is 5.26 Å². The molecule has 16 heavy (non-hydrogen) atoms. The maximum absolute atomic E-state index is 11.0. The van der Waals surface area contributed by atoms with E-state index in [2.05, 4.69) is 16.0 Å². The SMILES string of the molecule is CN(C)Cc1cnc(C2(C#N)CC(=O)C2)s1. The van der Waals surface area contributed by atoms with E-state index in [1.165, 1.54) is 0 Å². The molecule has 1 fully saturated rings. The molecule has 5 heteroatoms. The van der Waals surface area contributed by atoms with Crippen LogP contribution in [0, 0.1) is 11.3 Å². The minimum atomic E-state index is -0.619. The van der Waals surface area contributed by atoms with Gasteiger partial charge in [-0.3, -0.25) is 4.79 Å². The average Bonchev–Trinajstić information content (AvgIpc) is 2.60. The number of hydrogen-bond donors (Lipinski definition) is 0. The van der Waals surface area contributed by atoms with Gasteiger partial charge in [0.2, 0.25) is 0 Å². The lowest BCUT2D eigenvalue weighted by Gasteiger charge is -2.31. The predicted molar refractivity (Wildman–Crippen MR) is 61.0 cm³/mol. The highest BCUT2D eigenvalue weighted by atomic mass is 32.1. The van der Waals surface area contributed by atoms with Crippen LogP contribution in [0.15, 0.2) is 6.20 Å². The zero-order chi connectivity index (χ0) is 11.8. The first-order valence-corrected chi connectivity index (χ1v) is 5.90. The first kappa shape index (κ1) is 11.2. The van der Waals surface area contributed by atoms with Gasteiger partial charge in [0.1, 0.15) is 16.2 Å². The second-order valence-corrected chi connectivity index (χ2v) is 5.57. The smallest absolute Gasteiger partial charge is 0.136 e. The van der Waals surface area contributed by atoms with Crippen LogP contribution in [0.5, 0.6) is 0 Å². The summed E-state index contributed by atoms with van der Waals surface area (Å²) in [6.45, 7) is 0.827. The first-order valence-electron chi connectivity index (χ1n) is 5.08. The van der Waals surface area contributed by atoms with Crippen molar-refractivity contribution >= 4 is 17.1 Å². The Morgan fingerprint density at radius 1 is 1.62 bits per heavy atom. The predicted octanol–water partition coefficient (Wildman–Crippen LogP) is 1.33. The van der Waals surface area contributed by atoms with E-state index in [-0.39, 0.29) is 5.78 Å². The molecule has 0 spiro atoms. The molecule has 1 aromatic rings. The molecule has 2 rings (SSSR count). The van der Waals surface area contributed by atoms with Crippen molar-refractivity contribution in [2.24, 2.45) is 0 Å². The summed E-state index contributed by atoms with van der Waals surface area (Å²) in [5, 5.41) is 9.95. The Bertz CT molecular complexity index is 450. The van der Waals surface area contributed by atoms with Crippen molar-refractivity contribution in [2.75, 3.05) is 14.1 Å². The summed E-state index contributed by atoms with van der Waals surface area (Å²) in [6, 6.07) is 2.24. The lowest BCUT2D eigenvalue weighted by atomic mass is 9.69. The number of thiazole rings is 1. The second-order valence-electron chi connectivity index (χ2n) is 4.46. The maximum Gasteiger partial charge on any atom is 0.136 e. The first-order chi connectivity index (χ1) is 7.55. The van der Waals surface area contributed by atoms with Crippen LogP contribution in [0.2, 0.25) is 0 Å². The van der Waals surface area contributed by atoms with Gasteiger partial charge < -0.3 is 4.90 Å². The molecule has 1 saturated carbocycles. The molecular formula is C11H13N3OS. The topological polar surface area (TPSA) is 57.0 Å². The summed E-state index contributed by atoms with van der Waals surface area (Å²) in [6.07, 6.45) is 2.47. The highest BCUT2D eigenvalue weighted by Crippen LogP contribution is 2.42. The summed E-state index contributed by atoms with van der Waals surface area (Å²) < 4.78 is 0. The number of nitriles is 1. The number of nitrogens with zero attached hydrogens (tertiary/aromatic N) is 3. The van der Waals surface area contributed by atoms with Gasteiger partial charge in [0, 0.05) is 30.5 Å². The maximum atomic E-state index is 11.0.